The summed E-state index contributed by atoms with van der Waals surface area (Å²) in [4.78, 5) is 11.8. The number of hydrogen-bond donors (Lipinski definition) is 1. The SMILES string of the molecule is O=C(Nc1ccc(Cl)cc1)SC1CCCCC1. The molecule has 0 saturated heterocycles. The second-order valence-corrected chi connectivity index (χ2v) is 6.01. The zero-order valence-electron chi connectivity index (χ0n) is 9.62. The number of hydrogen-bond acceptors (Lipinski definition) is 2. The standard InChI is InChI=1S/C13H16ClNOS/c14-10-6-8-11(9-7-10)15-13(16)17-12-4-2-1-3-5-12/h6-9,12H,1-5H2,(H,15,16). The number of nitrogens with one attached hydrogen (secondary N) is 1. The highest BCUT2D eigenvalue weighted by Gasteiger charge is 2.17. The molecule has 2 nitrogen and oxygen atoms in total. The van der Waals surface area contributed by atoms with Crippen LogP contribution in [-0.4, -0.2) is 10.5 Å². The second kappa shape index (κ2) is 6.31. The Labute approximate surface area is 111 Å². The number of carbonyl (C=O) groups is 1. The monoisotopic (exact) mass is 269 g/mol. The Balaban J connectivity index is 1.82. The molecule has 0 atom stereocenters. The van der Waals surface area contributed by atoms with E-state index in [-0.39, 0.29) is 5.24 Å². The van der Waals surface area contributed by atoms with Crippen molar-refractivity contribution in [1.29, 1.82) is 0 Å². The van der Waals surface area contributed by atoms with Crippen molar-refractivity contribution in [3.05, 3.63) is 29.3 Å². The molecule has 1 N–H and O–H groups in total. The molecule has 0 heterocycles. The van der Waals surface area contributed by atoms with Crippen molar-refractivity contribution < 1.29 is 4.79 Å². The molecule has 1 aliphatic carbocycles. The van der Waals surface area contributed by atoms with E-state index in [1.807, 2.05) is 12.1 Å². The fourth-order valence-electron chi connectivity index (χ4n) is 2.01. The maximum atomic E-state index is 11.8. The topological polar surface area (TPSA) is 29.1 Å². The predicted octanol–water partition coefficient (Wildman–Crippen LogP) is 4.94. The van der Waals surface area contributed by atoms with Crippen LogP contribution in [0.4, 0.5) is 10.5 Å². The molecule has 1 fully saturated rings. The minimum Gasteiger partial charge on any atom is -0.317 e. The van der Waals surface area contributed by atoms with E-state index < -0.39 is 0 Å². The van der Waals surface area contributed by atoms with Gasteiger partial charge < -0.3 is 5.32 Å². The summed E-state index contributed by atoms with van der Waals surface area (Å²) in [6.07, 6.45) is 6.16. The minimum absolute atomic E-state index is 0.0409. The quantitative estimate of drug-likeness (QED) is 0.824. The summed E-state index contributed by atoms with van der Waals surface area (Å²) in [5, 5.41) is 4.10. The van der Waals surface area contributed by atoms with E-state index in [1.165, 1.54) is 43.9 Å². The van der Waals surface area contributed by atoms with Crippen LogP contribution >= 0.6 is 23.4 Å². The van der Waals surface area contributed by atoms with E-state index in [1.54, 1.807) is 12.1 Å². The van der Waals surface area contributed by atoms with E-state index in [0.29, 0.717) is 10.3 Å². The van der Waals surface area contributed by atoms with Gasteiger partial charge >= 0.3 is 0 Å². The van der Waals surface area contributed by atoms with Crippen molar-refractivity contribution in [2.45, 2.75) is 37.4 Å². The predicted molar refractivity (Wildman–Crippen MR) is 74.9 cm³/mol. The van der Waals surface area contributed by atoms with Gasteiger partial charge in [0.1, 0.15) is 0 Å². The van der Waals surface area contributed by atoms with Gasteiger partial charge in [0.2, 0.25) is 0 Å². The summed E-state index contributed by atoms with van der Waals surface area (Å²) in [7, 11) is 0. The molecule has 2 rings (SSSR count). The lowest BCUT2D eigenvalue weighted by atomic mass is 10.0. The molecule has 0 radical (unpaired) electrons. The minimum atomic E-state index is 0.0409. The number of halogens is 1. The third kappa shape index (κ3) is 4.25. The van der Waals surface area contributed by atoms with Crippen LogP contribution < -0.4 is 5.32 Å². The zero-order valence-corrected chi connectivity index (χ0v) is 11.2. The van der Waals surface area contributed by atoms with Crippen LogP contribution in [0.15, 0.2) is 24.3 Å². The molecule has 1 aromatic rings. The first-order valence-corrected chi connectivity index (χ1v) is 7.23. The summed E-state index contributed by atoms with van der Waals surface area (Å²) < 4.78 is 0. The van der Waals surface area contributed by atoms with Crippen LogP contribution in [0.1, 0.15) is 32.1 Å². The van der Waals surface area contributed by atoms with Gasteiger partial charge in [-0.3, -0.25) is 4.79 Å². The molecule has 0 spiro atoms. The normalized spacial score (nSPS) is 16.8. The number of amides is 1. The summed E-state index contributed by atoms with van der Waals surface area (Å²) in [5.74, 6) is 0. The van der Waals surface area contributed by atoms with E-state index >= 15 is 0 Å². The lowest BCUT2D eigenvalue weighted by Gasteiger charge is -2.20. The van der Waals surface area contributed by atoms with E-state index in [0.717, 1.165) is 5.69 Å². The van der Waals surface area contributed by atoms with E-state index in [2.05, 4.69) is 5.32 Å². The van der Waals surface area contributed by atoms with Crippen LogP contribution in [0.2, 0.25) is 5.02 Å². The molecule has 4 heteroatoms. The van der Waals surface area contributed by atoms with Crippen LogP contribution in [-0.2, 0) is 0 Å². The summed E-state index contributed by atoms with van der Waals surface area (Å²) in [5.41, 5.74) is 0.808. The van der Waals surface area contributed by atoms with Gasteiger partial charge in [0, 0.05) is 16.0 Å². The van der Waals surface area contributed by atoms with Crippen molar-refractivity contribution in [3.63, 3.8) is 0 Å². The fourth-order valence-corrected chi connectivity index (χ4v) is 3.19. The highest BCUT2D eigenvalue weighted by atomic mass is 35.5. The van der Waals surface area contributed by atoms with Crippen LogP contribution in [0.5, 0.6) is 0 Å². The van der Waals surface area contributed by atoms with Gasteiger partial charge in [0.15, 0.2) is 0 Å². The summed E-state index contributed by atoms with van der Waals surface area (Å²) in [6, 6.07) is 7.20. The maximum Gasteiger partial charge on any atom is 0.283 e. The van der Waals surface area contributed by atoms with Crippen LogP contribution in [0.25, 0.3) is 0 Å². The highest BCUT2D eigenvalue weighted by molar-refractivity contribution is 8.14. The molecule has 92 valence electrons. The molecule has 1 amide bonds. The van der Waals surface area contributed by atoms with Gasteiger partial charge in [0.25, 0.3) is 5.24 Å². The van der Waals surface area contributed by atoms with Crippen molar-refractivity contribution in [2.24, 2.45) is 0 Å². The van der Waals surface area contributed by atoms with Gasteiger partial charge in [-0.2, -0.15) is 0 Å². The van der Waals surface area contributed by atoms with E-state index in [9.17, 15) is 4.79 Å². The van der Waals surface area contributed by atoms with Crippen LogP contribution in [0.3, 0.4) is 0 Å². The summed E-state index contributed by atoms with van der Waals surface area (Å²) in [6.45, 7) is 0. The lowest BCUT2D eigenvalue weighted by molar-refractivity contribution is 0.269. The lowest BCUT2D eigenvalue weighted by Crippen LogP contribution is -2.14. The maximum absolute atomic E-state index is 11.8. The van der Waals surface area contributed by atoms with Crippen LogP contribution in [0, 0.1) is 0 Å². The molecule has 0 bridgehead atoms. The molecule has 1 saturated carbocycles. The molecule has 0 aliphatic heterocycles. The number of anilines is 1. The Morgan fingerprint density at radius 3 is 2.47 bits per heavy atom. The Kier molecular flexibility index (Phi) is 4.75. The number of benzene rings is 1. The number of thioether (sulfide) groups is 1. The molecule has 1 aliphatic rings. The molecule has 1 aromatic carbocycles. The average molecular weight is 270 g/mol. The largest absolute Gasteiger partial charge is 0.317 e. The molecular weight excluding hydrogens is 254 g/mol. The smallest absolute Gasteiger partial charge is 0.283 e. The molecule has 17 heavy (non-hydrogen) atoms. The Hall–Kier alpha value is -0.670. The molecular formula is C13H16ClNOS. The third-order valence-corrected chi connectivity index (χ3v) is 4.29. The first-order valence-electron chi connectivity index (χ1n) is 5.97. The number of carbonyl (C=O) groups excluding carboxylic acids is 1. The Morgan fingerprint density at radius 1 is 1.18 bits per heavy atom. The second-order valence-electron chi connectivity index (χ2n) is 4.30. The first-order chi connectivity index (χ1) is 8.24. The molecule has 0 aromatic heterocycles. The van der Waals surface area contributed by atoms with Crippen molar-refractivity contribution in [3.8, 4) is 0 Å². The van der Waals surface area contributed by atoms with Crippen molar-refractivity contribution in [2.75, 3.05) is 5.32 Å². The van der Waals surface area contributed by atoms with Gasteiger partial charge in [-0.05, 0) is 37.1 Å². The zero-order chi connectivity index (χ0) is 12.1. The summed E-state index contributed by atoms with van der Waals surface area (Å²) >= 11 is 7.22. The Morgan fingerprint density at radius 2 is 1.82 bits per heavy atom. The third-order valence-electron chi connectivity index (χ3n) is 2.92. The number of rotatable bonds is 2. The van der Waals surface area contributed by atoms with Crippen molar-refractivity contribution >= 4 is 34.3 Å². The highest BCUT2D eigenvalue weighted by Crippen LogP contribution is 2.29. The molecule has 0 unspecified atom stereocenters. The van der Waals surface area contributed by atoms with Gasteiger partial charge in [-0.1, -0.05) is 42.6 Å². The Bertz CT molecular complexity index is 374. The van der Waals surface area contributed by atoms with E-state index in [4.69, 9.17) is 11.6 Å². The van der Waals surface area contributed by atoms with Gasteiger partial charge in [-0.15, -0.1) is 0 Å². The first kappa shape index (κ1) is 12.8. The fraction of sp³-hybridized carbons (Fsp3) is 0.462. The average Bonchev–Trinajstić information content (AvgIpc) is 2.33. The van der Waals surface area contributed by atoms with Gasteiger partial charge in [-0.25, -0.2) is 0 Å². The van der Waals surface area contributed by atoms with Gasteiger partial charge in [0.05, 0.1) is 0 Å². The van der Waals surface area contributed by atoms with Crippen molar-refractivity contribution in [1.82, 2.24) is 0 Å².